The lowest BCUT2D eigenvalue weighted by Gasteiger charge is -2.43. The minimum Gasteiger partial charge on any atom is -0.326 e. The predicted molar refractivity (Wildman–Crippen MR) is 157 cm³/mol. The van der Waals surface area contributed by atoms with E-state index in [0.717, 1.165) is 38.9 Å². The molecule has 2 aliphatic rings. The summed E-state index contributed by atoms with van der Waals surface area (Å²) < 4.78 is 31.9. The van der Waals surface area contributed by atoms with Crippen LogP contribution < -0.4 is 10.6 Å². The van der Waals surface area contributed by atoms with Gasteiger partial charge in [-0.05, 0) is 108 Å². The van der Waals surface area contributed by atoms with Gasteiger partial charge in [0, 0.05) is 17.8 Å². The van der Waals surface area contributed by atoms with Gasteiger partial charge in [-0.25, -0.2) is 28.7 Å². The lowest BCUT2D eigenvalue weighted by molar-refractivity contribution is 0.137. The average Bonchev–Trinajstić information content (AvgIpc) is 3.29. The summed E-state index contributed by atoms with van der Waals surface area (Å²) in [5.74, 6) is 2.10. The van der Waals surface area contributed by atoms with Crippen LogP contribution >= 0.6 is 0 Å². The van der Waals surface area contributed by atoms with E-state index in [2.05, 4.69) is 48.5 Å². The van der Waals surface area contributed by atoms with E-state index in [-0.39, 0.29) is 23.2 Å². The summed E-state index contributed by atoms with van der Waals surface area (Å²) in [5, 5.41) is 6.55. The Morgan fingerprint density at radius 1 is 1.00 bits per heavy atom. The summed E-state index contributed by atoms with van der Waals surface area (Å²) in [6.45, 7) is 13.6. The Morgan fingerprint density at radius 2 is 1.78 bits per heavy atom. The number of piperidine rings is 1. The van der Waals surface area contributed by atoms with Crippen molar-refractivity contribution in [2.24, 2.45) is 11.8 Å². The number of halogens is 2. The molecule has 41 heavy (non-hydrogen) atoms. The maximum atomic E-state index is 15.1. The van der Waals surface area contributed by atoms with E-state index in [9.17, 15) is 4.39 Å². The molecule has 4 aromatic rings. The van der Waals surface area contributed by atoms with E-state index in [4.69, 9.17) is 0 Å². The number of aromatic nitrogens is 5. The summed E-state index contributed by atoms with van der Waals surface area (Å²) in [5.41, 5.74) is 2.48. The molecule has 6 rings (SSSR count). The Labute approximate surface area is 239 Å². The average molecular weight is 561 g/mol. The first-order chi connectivity index (χ1) is 19.8. The van der Waals surface area contributed by atoms with Crippen LogP contribution in [0.5, 0.6) is 0 Å². The zero-order chi connectivity index (χ0) is 28.7. The fourth-order valence-electron chi connectivity index (χ4n) is 6.60. The minimum atomic E-state index is -0.629. The van der Waals surface area contributed by atoms with Crippen molar-refractivity contribution in [1.82, 2.24) is 34.7 Å². The number of fused-ring (bicyclic) bond motifs is 1. The van der Waals surface area contributed by atoms with E-state index in [1.807, 2.05) is 37.6 Å². The molecule has 0 bridgehead atoms. The molecule has 0 radical (unpaired) electrons. The summed E-state index contributed by atoms with van der Waals surface area (Å²) >= 11 is 0. The molecule has 0 unspecified atom stereocenters. The number of nitrogens with zero attached hydrogens (tertiary/aromatic N) is 6. The highest BCUT2D eigenvalue weighted by Crippen LogP contribution is 2.40. The Bertz CT molecular complexity index is 1520. The van der Waals surface area contributed by atoms with E-state index >= 15 is 4.39 Å². The summed E-state index contributed by atoms with van der Waals surface area (Å²) in [6.07, 6.45) is 5.49. The smallest absolute Gasteiger partial charge is 0.229 e. The second-order valence-electron chi connectivity index (χ2n) is 11.7. The third-order valence-electron chi connectivity index (χ3n) is 8.78. The van der Waals surface area contributed by atoms with E-state index in [1.54, 1.807) is 6.07 Å². The molecule has 1 atom stereocenters. The first kappa shape index (κ1) is 27.7. The highest BCUT2D eigenvalue weighted by molar-refractivity contribution is 5.83. The minimum absolute atomic E-state index is 0.0186. The quantitative estimate of drug-likeness (QED) is 0.280. The van der Waals surface area contributed by atoms with Crippen LogP contribution in [0.2, 0.25) is 0 Å². The van der Waals surface area contributed by atoms with Crippen molar-refractivity contribution in [2.75, 3.05) is 38.0 Å². The molecule has 2 aliphatic heterocycles. The Hall–Kier alpha value is -3.50. The van der Waals surface area contributed by atoms with Crippen LogP contribution in [-0.2, 0) is 0 Å². The summed E-state index contributed by atoms with van der Waals surface area (Å²) in [4.78, 5) is 20.1. The Balaban J connectivity index is 1.24. The fraction of sp³-hybridized carbons (Fsp3) is 0.484. The van der Waals surface area contributed by atoms with Crippen LogP contribution in [0.15, 0.2) is 36.7 Å². The van der Waals surface area contributed by atoms with Crippen LogP contribution in [-0.4, -0.2) is 62.1 Å². The second-order valence-corrected chi connectivity index (χ2v) is 11.7. The van der Waals surface area contributed by atoms with Crippen molar-refractivity contribution in [3.05, 3.63) is 59.7 Å². The molecular weight excluding hydrogens is 522 g/mol. The van der Waals surface area contributed by atoms with Gasteiger partial charge in [-0.3, -0.25) is 0 Å². The largest absolute Gasteiger partial charge is 0.326 e. The second kappa shape index (κ2) is 11.4. The molecule has 10 heteroatoms. The van der Waals surface area contributed by atoms with Crippen molar-refractivity contribution in [1.29, 1.82) is 0 Å². The standard InChI is InChI=1S/C31H38F2N8/c1-5-40-10-8-20(9-11-40)28(23-14-34-15-23)21-6-7-27(35-16-21)38-31-36-17-25(33)29(39-31)22-12-24(32)30-26(13-22)41(18(2)3)19(4)37-30/h6-7,12-13,16-18,20,23,28,34H,5,8-11,14-15H2,1-4H3,(H,35,36,38,39)/t28-/m1/s1. The molecule has 0 spiro atoms. The number of likely N-dealkylation sites (tertiary alicyclic amines) is 1. The van der Waals surface area contributed by atoms with Gasteiger partial charge in [0.05, 0.1) is 11.7 Å². The number of anilines is 2. The van der Waals surface area contributed by atoms with Crippen molar-refractivity contribution < 1.29 is 8.78 Å². The zero-order valence-electron chi connectivity index (χ0n) is 24.2. The molecule has 2 saturated heterocycles. The number of aryl methyl sites for hydroxylation is 1. The molecule has 3 aromatic heterocycles. The molecule has 0 amide bonds. The molecule has 0 aliphatic carbocycles. The van der Waals surface area contributed by atoms with Gasteiger partial charge in [0.25, 0.3) is 0 Å². The number of imidazole rings is 1. The van der Waals surface area contributed by atoms with Gasteiger partial charge in [-0.15, -0.1) is 0 Å². The van der Waals surface area contributed by atoms with Crippen LogP contribution in [0, 0.1) is 30.4 Å². The van der Waals surface area contributed by atoms with Gasteiger partial charge in [-0.1, -0.05) is 13.0 Å². The third-order valence-corrected chi connectivity index (χ3v) is 8.78. The number of rotatable bonds is 8. The number of benzene rings is 1. The SMILES string of the molecule is CCN1CCC([C@H](c2ccc(Nc3ncc(F)c(-c4cc(F)c5nc(C)n(C(C)C)c5c4)n3)nc2)C2CNC2)CC1. The highest BCUT2D eigenvalue weighted by Gasteiger charge is 2.36. The maximum Gasteiger partial charge on any atom is 0.229 e. The fourth-order valence-corrected chi connectivity index (χ4v) is 6.60. The maximum absolute atomic E-state index is 15.1. The predicted octanol–water partition coefficient (Wildman–Crippen LogP) is 5.83. The van der Waals surface area contributed by atoms with Gasteiger partial charge >= 0.3 is 0 Å². The van der Waals surface area contributed by atoms with Crippen LogP contribution in [0.1, 0.15) is 57.0 Å². The van der Waals surface area contributed by atoms with Crippen molar-refractivity contribution in [2.45, 2.75) is 52.5 Å². The first-order valence-electron chi connectivity index (χ1n) is 14.7. The zero-order valence-corrected chi connectivity index (χ0v) is 24.2. The molecule has 1 aromatic carbocycles. The summed E-state index contributed by atoms with van der Waals surface area (Å²) in [6, 6.07) is 7.18. The molecule has 0 saturated carbocycles. The Kier molecular flexibility index (Phi) is 7.70. The highest BCUT2D eigenvalue weighted by atomic mass is 19.1. The lowest BCUT2D eigenvalue weighted by Crippen LogP contribution is -2.48. The molecule has 8 nitrogen and oxygen atoms in total. The van der Waals surface area contributed by atoms with Gasteiger partial charge < -0.3 is 20.1 Å². The number of nitrogens with one attached hydrogen (secondary N) is 2. The van der Waals surface area contributed by atoms with Crippen molar-refractivity contribution in [3.63, 3.8) is 0 Å². The van der Waals surface area contributed by atoms with Gasteiger partial charge in [0.2, 0.25) is 5.95 Å². The number of pyridine rings is 1. The van der Waals surface area contributed by atoms with Gasteiger partial charge in [-0.2, -0.15) is 0 Å². The molecule has 5 heterocycles. The van der Waals surface area contributed by atoms with E-state index in [1.165, 1.54) is 24.5 Å². The van der Waals surface area contributed by atoms with Crippen LogP contribution in [0.4, 0.5) is 20.5 Å². The van der Waals surface area contributed by atoms with E-state index < -0.39 is 11.6 Å². The number of hydrogen-bond acceptors (Lipinski definition) is 7. The topological polar surface area (TPSA) is 83.8 Å². The first-order valence-corrected chi connectivity index (χ1v) is 14.7. The van der Waals surface area contributed by atoms with Crippen LogP contribution in [0.25, 0.3) is 22.3 Å². The number of hydrogen-bond donors (Lipinski definition) is 2. The van der Waals surface area contributed by atoms with Gasteiger partial charge in [0.1, 0.15) is 22.9 Å². The van der Waals surface area contributed by atoms with E-state index in [0.29, 0.717) is 40.5 Å². The normalized spacial score (nSPS) is 17.7. The van der Waals surface area contributed by atoms with Crippen molar-refractivity contribution >= 4 is 22.8 Å². The van der Waals surface area contributed by atoms with Crippen molar-refractivity contribution in [3.8, 4) is 11.3 Å². The third kappa shape index (κ3) is 5.42. The Morgan fingerprint density at radius 3 is 2.41 bits per heavy atom. The summed E-state index contributed by atoms with van der Waals surface area (Å²) in [7, 11) is 0. The molecule has 2 fully saturated rings. The molecular formula is C31H38F2N8. The van der Waals surface area contributed by atoms with Gasteiger partial charge in [0.15, 0.2) is 11.6 Å². The molecule has 2 N–H and O–H groups in total. The van der Waals surface area contributed by atoms with Crippen LogP contribution in [0.3, 0.4) is 0 Å². The lowest BCUT2D eigenvalue weighted by atomic mass is 9.71. The monoisotopic (exact) mass is 560 g/mol. The molecule has 216 valence electrons.